The van der Waals surface area contributed by atoms with E-state index in [-0.39, 0.29) is 17.6 Å². The largest absolute Gasteiger partial charge is 0.444 e. The van der Waals surface area contributed by atoms with Gasteiger partial charge in [0.05, 0.1) is 17.5 Å². The summed E-state index contributed by atoms with van der Waals surface area (Å²) in [5.41, 5.74) is 3.00. The first kappa shape index (κ1) is 22.8. The Morgan fingerprint density at radius 2 is 1.91 bits per heavy atom. The second-order valence-electron chi connectivity index (χ2n) is 9.86. The molecule has 1 aromatic carbocycles. The molecule has 182 valence electrons. The lowest BCUT2D eigenvalue weighted by atomic mass is 9.93. The van der Waals surface area contributed by atoms with E-state index in [1.54, 1.807) is 21.7 Å². The third-order valence-electron chi connectivity index (χ3n) is 6.14. The van der Waals surface area contributed by atoms with Crippen molar-refractivity contribution in [1.82, 2.24) is 29.6 Å². The number of aryl methyl sites for hydroxylation is 1. The number of aromatic nitrogens is 5. The molecule has 10 heteroatoms. The van der Waals surface area contributed by atoms with Crippen molar-refractivity contribution in [3.63, 3.8) is 0 Å². The number of nitrogens with zero attached hydrogens (tertiary/aromatic N) is 5. The van der Waals surface area contributed by atoms with Crippen molar-refractivity contribution in [2.24, 2.45) is 0 Å². The Morgan fingerprint density at radius 1 is 1.17 bits per heavy atom. The standard InChI is InChI=1S/C25H28N6O4/c1-15-7-5-6-8-17(15)23-28-21(29-35-23)18-14-26-31-19(13-20(32)27-22(18)31)16-9-11-30(12-10-16)24(33)34-25(2,3)4/h5-8,13-14,16H,9-12H2,1-4H3,(H,27,32). The molecule has 1 amide bonds. The highest BCUT2D eigenvalue weighted by atomic mass is 16.6. The highest BCUT2D eigenvalue weighted by Crippen LogP contribution is 2.31. The number of benzene rings is 1. The normalized spacial score (nSPS) is 15.0. The van der Waals surface area contributed by atoms with Crippen LogP contribution in [0.15, 0.2) is 45.8 Å². The minimum absolute atomic E-state index is 0.0686. The summed E-state index contributed by atoms with van der Waals surface area (Å²) in [4.78, 5) is 34.1. The fourth-order valence-electron chi connectivity index (χ4n) is 4.41. The number of fused-ring (bicyclic) bond motifs is 1. The summed E-state index contributed by atoms with van der Waals surface area (Å²) in [5.74, 6) is 0.829. The Hall–Kier alpha value is -3.95. The molecule has 1 N–H and O–H groups in total. The van der Waals surface area contributed by atoms with E-state index in [4.69, 9.17) is 9.26 Å². The molecule has 0 aliphatic carbocycles. The molecule has 1 saturated heterocycles. The predicted molar refractivity (Wildman–Crippen MR) is 129 cm³/mol. The van der Waals surface area contributed by atoms with Gasteiger partial charge in [-0.3, -0.25) is 4.79 Å². The average molecular weight is 477 g/mol. The van der Waals surface area contributed by atoms with Crippen molar-refractivity contribution >= 4 is 11.7 Å². The highest BCUT2D eigenvalue weighted by molar-refractivity contribution is 5.73. The zero-order chi connectivity index (χ0) is 24.7. The number of aromatic amines is 1. The first-order valence-electron chi connectivity index (χ1n) is 11.7. The molecule has 35 heavy (non-hydrogen) atoms. The smallest absolute Gasteiger partial charge is 0.410 e. The summed E-state index contributed by atoms with van der Waals surface area (Å²) in [6, 6.07) is 9.34. The van der Waals surface area contributed by atoms with E-state index in [2.05, 4.69) is 20.2 Å². The molecular weight excluding hydrogens is 448 g/mol. The van der Waals surface area contributed by atoms with Gasteiger partial charge in [-0.15, -0.1) is 0 Å². The van der Waals surface area contributed by atoms with E-state index >= 15 is 0 Å². The molecule has 3 aromatic heterocycles. The average Bonchev–Trinajstić information content (AvgIpc) is 3.45. The van der Waals surface area contributed by atoms with Crippen molar-refractivity contribution in [1.29, 1.82) is 0 Å². The number of ether oxygens (including phenoxy) is 1. The van der Waals surface area contributed by atoms with Crippen molar-refractivity contribution < 1.29 is 14.1 Å². The van der Waals surface area contributed by atoms with Gasteiger partial charge in [0.25, 0.3) is 11.4 Å². The number of hydrogen-bond acceptors (Lipinski definition) is 7. The summed E-state index contributed by atoms with van der Waals surface area (Å²) in [5, 5.41) is 8.67. The van der Waals surface area contributed by atoms with Gasteiger partial charge in [-0.1, -0.05) is 23.4 Å². The highest BCUT2D eigenvalue weighted by Gasteiger charge is 2.29. The molecule has 0 saturated carbocycles. The third kappa shape index (κ3) is 4.55. The van der Waals surface area contributed by atoms with E-state index in [0.29, 0.717) is 48.9 Å². The van der Waals surface area contributed by atoms with Crippen LogP contribution in [-0.2, 0) is 4.74 Å². The summed E-state index contributed by atoms with van der Waals surface area (Å²) in [6.45, 7) is 8.64. The van der Waals surface area contributed by atoms with E-state index in [9.17, 15) is 9.59 Å². The third-order valence-corrected chi connectivity index (χ3v) is 6.14. The lowest BCUT2D eigenvalue weighted by Crippen LogP contribution is -2.41. The second kappa shape index (κ2) is 8.68. The number of hydrogen-bond donors (Lipinski definition) is 1. The van der Waals surface area contributed by atoms with Crippen LogP contribution in [0, 0.1) is 6.92 Å². The molecule has 4 aromatic rings. The monoisotopic (exact) mass is 476 g/mol. The molecule has 5 rings (SSSR count). The Labute approximate surface area is 201 Å². The maximum atomic E-state index is 12.6. The molecule has 1 fully saturated rings. The fraction of sp³-hybridized carbons (Fsp3) is 0.400. The molecule has 0 bridgehead atoms. The van der Waals surface area contributed by atoms with Crippen molar-refractivity contribution in [2.45, 2.75) is 52.1 Å². The number of rotatable bonds is 3. The van der Waals surface area contributed by atoms with Gasteiger partial charge >= 0.3 is 6.09 Å². The van der Waals surface area contributed by atoms with Crippen molar-refractivity contribution in [2.75, 3.05) is 13.1 Å². The second-order valence-corrected chi connectivity index (χ2v) is 9.86. The topological polar surface area (TPSA) is 119 Å². The van der Waals surface area contributed by atoms with Crippen LogP contribution in [0.4, 0.5) is 4.79 Å². The molecule has 4 heterocycles. The van der Waals surface area contributed by atoms with Gasteiger partial charge in [0, 0.05) is 30.6 Å². The molecule has 1 aliphatic rings. The summed E-state index contributed by atoms with van der Waals surface area (Å²) in [6.07, 6.45) is 2.73. The molecule has 0 unspecified atom stereocenters. The molecular formula is C25H28N6O4. The van der Waals surface area contributed by atoms with Crippen LogP contribution in [0.1, 0.15) is 50.8 Å². The molecule has 0 atom stereocenters. The lowest BCUT2D eigenvalue weighted by Gasteiger charge is -2.33. The van der Waals surface area contributed by atoms with Gasteiger partial charge in [0.1, 0.15) is 11.2 Å². The minimum atomic E-state index is -0.535. The maximum Gasteiger partial charge on any atom is 0.410 e. The molecule has 0 radical (unpaired) electrons. The zero-order valence-corrected chi connectivity index (χ0v) is 20.2. The van der Waals surface area contributed by atoms with E-state index in [0.717, 1.165) is 16.8 Å². The van der Waals surface area contributed by atoms with Crippen LogP contribution in [0.5, 0.6) is 0 Å². The van der Waals surface area contributed by atoms with Crippen LogP contribution < -0.4 is 5.56 Å². The quantitative estimate of drug-likeness (QED) is 0.471. The first-order chi connectivity index (χ1) is 16.7. The number of amides is 1. The van der Waals surface area contributed by atoms with Gasteiger partial charge in [-0.25, -0.2) is 9.31 Å². The molecule has 1 aliphatic heterocycles. The predicted octanol–water partition coefficient (Wildman–Crippen LogP) is 4.16. The first-order valence-corrected chi connectivity index (χ1v) is 11.7. The van der Waals surface area contributed by atoms with E-state index in [1.165, 1.54) is 0 Å². The fourth-order valence-corrected chi connectivity index (χ4v) is 4.41. The summed E-state index contributed by atoms with van der Waals surface area (Å²) < 4.78 is 12.7. The number of nitrogens with one attached hydrogen (secondary N) is 1. The molecule has 10 nitrogen and oxygen atoms in total. The van der Waals surface area contributed by atoms with Crippen molar-refractivity contribution in [3.05, 3.63) is 58.1 Å². The Kier molecular flexibility index (Phi) is 5.66. The molecule has 0 spiro atoms. The van der Waals surface area contributed by atoms with Gasteiger partial charge < -0.3 is 19.1 Å². The Morgan fingerprint density at radius 3 is 2.63 bits per heavy atom. The Bertz CT molecular complexity index is 1440. The van der Waals surface area contributed by atoms with Gasteiger partial charge in [0.15, 0.2) is 0 Å². The van der Waals surface area contributed by atoms with Crippen LogP contribution in [-0.4, -0.2) is 54.4 Å². The summed E-state index contributed by atoms with van der Waals surface area (Å²) >= 11 is 0. The van der Waals surface area contributed by atoms with Crippen LogP contribution >= 0.6 is 0 Å². The minimum Gasteiger partial charge on any atom is -0.444 e. The maximum absolute atomic E-state index is 12.6. The number of carbonyl (C=O) groups is 1. The van der Waals surface area contributed by atoms with E-state index in [1.807, 2.05) is 52.0 Å². The van der Waals surface area contributed by atoms with Crippen LogP contribution in [0.2, 0.25) is 0 Å². The van der Waals surface area contributed by atoms with Gasteiger partial charge in [-0.2, -0.15) is 10.1 Å². The zero-order valence-electron chi connectivity index (χ0n) is 20.2. The van der Waals surface area contributed by atoms with Crippen LogP contribution in [0.3, 0.4) is 0 Å². The summed E-state index contributed by atoms with van der Waals surface area (Å²) in [7, 11) is 0. The van der Waals surface area contributed by atoms with Crippen molar-refractivity contribution in [3.8, 4) is 22.8 Å². The van der Waals surface area contributed by atoms with E-state index < -0.39 is 5.60 Å². The van der Waals surface area contributed by atoms with Gasteiger partial charge in [0.2, 0.25) is 5.82 Å². The number of H-pyrrole nitrogens is 1. The number of carbonyl (C=O) groups excluding carboxylic acids is 1. The number of likely N-dealkylation sites (tertiary alicyclic amines) is 1. The van der Waals surface area contributed by atoms with Gasteiger partial charge in [-0.05, 0) is 52.2 Å². The Balaban J connectivity index is 1.41. The number of piperidine rings is 1. The lowest BCUT2D eigenvalue weighted by molar-refractivity contribution is 0.0203. The van der Waals surface area contributed by atoms with Crippen LogP contribution in [0.25, 0.3) is 28.5 Å². The SMILES string of the molecule is Cc1ccccc1-c1nc(-c2cnn3c(C4CCN(C(=O)OC(C)(C)C)CC4)cc(=O)[nH]c23)no1.